The number of nitrogens with two attached hydrogens (primary N) is 1. The zero-order valence-corrected chi connectivity index (χ0v) is 13.0. The van der Waals surface area contributed by atoms with Crippen molar-refractivity contribution in [3.63, 3.8) is 0 Å². The molecule has 0 aromatic heterocycles. The number of piperidine rings is 1. The first-order valence-corrected chi connectivity index (χ1v) is 7.40. The first-order chi connectivity index (χ1) is 9.07. The summed E-state index contributed by atoms with van der Waals surface area (Å²) in [7, 11) is 0. The average Bonchev–Trinajstić information content (AvgIpc) is 2.87. The quantitative estimate of drug-likeness (QED) is 0.815. The van der Waals surface area contributed by atoms with Crippen molar-refractivity contribution in [3.05, 3.63) is 0 Å². The van der Waals surface area contributed by atoms with E-state index in [2.05, 4.69) is 12.2 Å². The van der Waals surface area contributed by atoms with Gasteiger partial charge in [0, 0.05) is 19.5 Å². The van der Waals surface area contributed by atoms with Gasteiger partial charge in [-0.05, 0) is 44.6 Å². The number of carbonyl (C=O) groups is 2. The van der Waals surface area contributed by atoms with E-state index in [1.165, 1.54) is 0 Å². The predicted molar refractivity (Wildman–Crippen MR) is 80.6 cm³/mol. The zero-order chi connectivity index (χ0) is 13.9. The molecule has 0 bridgehead atoms. The third-order valence-electron chi connectivity index (χ3n) is 4.55. The summed E-state index contributed by atoms with van der Waals surface area (Å²) < 4.78 is 0. The molecule has 0 radical (unpaired) electrons. The molecule has 2 rings (SSSR count). The monoisotopic (exact) mass is 303 g/mol. The van der Waals surface area contributed by atoms with Crippen LogP contribution >= 0.6 is 12.4 Å². The molecule has 0 aromatic rings. The molecule has 2 aliphatic rings. The lowest BCUT2D eigenvalue weighted by Crippen LogP contribution is -2.56. The van der Waals surface area contributed by atoms with Crippen molar-refractivity contribution in [2.75, 3.05) is 19.6 Å². The maximum atomic E-state index is 12.7. The van der Waals surface area contributed by atoms with Gasteiger partial charge in [0.05, 0.1) is 5.54 Å². The standard InChI is InChI=1S/C14H25N3O2.ClH/c1-2-14(6-4-7-16-14)13(19)17-8-3-5-11(10-17)9-12(15)18;/h11,16H,2-10H2,1H3,(H2,15,18);1H. The molecule has 0 spiro atoms. The fourth-order valence-corrected chi connectivity index (χ4v) is 3.45. The lowest BCUT2D eigenvalue weighted by atomic mass is 9.89. The SMILES string of the molecule is CCC1(C(=O)N2CCCC(CC(N)=O)C2)CCCN1.Cl. The maximum absolute atomic E-state index is 12.7. The van der Waals surface area contributed by atoms with Gasteiger partial charge in [0.25, 0.3) is 0 Å². The molecule has 2 amide bonds. The van der Waals surface area contributed by atoms with Crippen LogP contribution in [-0.2, 0) is 9.59 Å². The van der Waals surface area contributed by atoms with Gasteiger partial charge in [0.15, 0.2) is 0 Å². The predicted octanol–water partition coefficient (Wildman–Crippen LogP) is 1.05. The van der Waals surface area contributed by atoms with E-state index in [0.717, 1.165) is 45.2 Å². The van der Waals surface area contributed by atoms with Crippen molar-refractivity contribution in [3.8, 4) is 0 Å². The van der Waals surface area contributed by atoms with E-state index in [-0.39, 0.29) is 35.7 Å². The Bertz CT molecular complexity index is 356. The Balaban J connectivity index is 0.00000200. The fourth-order valence-electron chi connectivity index (χ4n) is 3.45. The first-order valence-electron chi connectivity index (χ1n) is 7.40. The summed E-state index contributed by atoms with van der Waals surface area (Å²) in [5, 5.41) is 3.39. The molecule has 0 aromatic carbocycles. The van der Waals surface area contributed by atoms with Crippen LogP contribution in [0.3, 0.4) is 0 Å². The number of nitrogens with one attached hydrogen (secondary N) is 1. The molecule has 2 unspecified atom stereocenters. The maximum Gasteiger partial charge on any atom is 0.242 e. The lowest BCUT2D eigenvalue weighted by molar-refractivity contribution is -0.140. The van der Waals surface area contributed by atoms with E-state index in [4.69, 9.17) is 5.73 Å². The summed E-state index contributed by atoms with van der Waals surface area (Å²) in [5.74, 6) is 0.204. The van der Waals surface area contributed by atoms with Crippen molar-refractivity contribution in [1.29, 1.82) is 0 Å². The molecule has 6 heteroatoms. The number of nitrogens with zero attached hydrogens (tertiary/aromatic N) is 1. The number of hydrogen-bond acceptors (Lipinski definition) is 3. The molecule has 2 heterocycles. The van der Waals surface area contributed by atoms with Crippen molar-refractivity contribution < 1.29 is 9.59 Å². The Kier molecular flexibility index (Phi) is 6.27. The summed E-state index contributed by atoms with van der Waals surface area (Å²) in [6.45, 7) is 4.50. The minimum Gasteiger partial charge on any atom is -0.370 e. The fraction of sp³-hybridized carbons (Fsp3) is 0.857. The minimum absolute atomic E-state index is 0. The number of hydrogen-bond donors (Lipinski definition) is 2. The first kappa shape index (κ1) is 17.2. The second-order valence-electron chi connectivity index (χ2n) is 5.90. The minimum atomic E-state index is -0.353. The van der Waals surface area contributed by atoms with Gasteiger partial charge >= 0.3 is 0 Å². The average molecular weight is 304 g/mol. The van der Waals surface area contributed by atoms with E-state index >= 15 is 0 Å². The summed E-state index contributed by atoms with van der Waals surface area (Å²) in [6.07, 6.45) is 5.21. The molecule has 3 N–H and O–H groups in total. The Morgan fingerprint density at radius 1 is 1.40 bits per heavy atom. The van der Waals surface area contributed by atoms with Gasteiger partial charge in [-0.25, -0.2) is 0 Å². The number of primary amides is 1. The van der Waals surface area contributed by atoms with Gasteiger partial charge in [0.1, 0.15) is 0 Å². The topological polar surface area (TPSA) is 75.4 Å². The second-order valence-corrected chi connectivity index (χ2v) is 5.90. The molecule has 20 heavy (non-hydrogen) atoms. The summed E-state index contributed by atoms with van der Waals surface area (Å²) in [5.41, 5.74) is 4.91. The summed E-state index contributed by atoms with van der Waals surface area (Å²) in [4.78, 5) is 25.7. The zero-order valence-electron chi connectivity index (χ0n) is 12.2. The number of amides is 2. The summed E-state index contributed by atoms with van der Waals surface area (Å²) in [6, 6.07) is 0. The van der Waals surface area contributed by atoms with Crippen molar-refractivity contribution >= 4 is 24.2 Å². The Morgan fingerprint density at radius 3 is 2.70 bits per heavy atom. The highest BCUT2D eigenvalue weighted by molar-refractivity contribution is 5.87. The van der Waals surface area contributed by atoms with E-state index < -0.39 is 0 Å². The van der Waals surface area contributed by atoms with E-state index in [9.17, 15) is 9.59 Å². The Morgan fingerprint density at radius 2 is 2.15 bits per heavy atom. The largest absolute Gasteiger partial charge is 0.370 e. The van der Waals surface area contributed by atoms with E-state index in [1.807, 2.05) is 4.90 Å². The van der Waals surface area contributed by atoms with Crippen LogP contribution in [0.5, 0.6) is 0 Å². The van der Waals surface area contributed by atoms with Gasteiger partial charge in [-0.15, -0.1) is 12.4 Å². The van der Waals surface area contributed by atoms with Crippen LogP contribution in [0.25, 0.3) is 0 Å². The second kappa shape index (κ2) is 7.27. The highest BCUT2D eigenvalue weighted by Gasteiger charge is 2.42. The van der Waals surface area contributed by atoms with Gasteiger partial charge < -0.3 is 16.0 Å². The highest BCUT2D eigenvalue weighted by atomic mass is 35.5. The third-order valence-corrected chi connectivity index (χ3v) is 4.55. The molecule has 116 valence electrons. The van der Waals surface area contributed by atoms with Crippen LogP contribution in [0, 0.1) is 5.92 Å². The molecule has 0 saturated carbocycles. The molecule has 2 saturated heterocycles. The Hall–Kier alpha value is -0.810. The van der Waals surface area contributed by atoms with Crippen molar-refractivity contribution in [2.24, 2.45) is 11.7 Å². The Labute approximate surface area is 127 Å². The van der Waals surface area contributed by atoms with Crippen molar-refractivity contribution in [2.45, 2.75) is 51.0 Å². The third kappa shape index (κ3) is 3.64. The van der Waals surface area contributed by atoms with Crippen molar-refractivity contribution in [1.82, 2.24) is 10.2 Å². The van der Waals surface area contributed by atoms with Crippen LogP contribution in [0.15, 0.2) is 0 Å². The lowest BCUT2D eigenvalue weighted by Gasteiger charge is -2.38. The number of carbonyl (C=O) groups excluding carboxylic acids is 2. The summed E-state index contributed by atoms with van der Waals surface area (Å²) >= 11 is 0. The molecular weight excluding hydrogens is 278 g/mol. The molecule has 5 nitrogen and oxygen atoms in total. The number of likely N-dealkylation sites (tertiary alicyclic amines) is 1. The smallest absolute Gasteiger partial charge is 0.242 e. The van der Waals surface area contributed by atoms with Gasteiger partial charge in [-0.3, -0.25) is 9.59 Å². The van der Waals surface area contributed by atoms with Crippen LogP contribution in [-0.4, -0.2) is 41.9 Å². The van der Waals surface area contributed by atoms with Crippen LogP contribution in [0.1, 0.15) is 45.4 Å². The van der Waals surface area contributed by atoms with E-state index in [0.29, 0.717) is 13.0 Å². The molecular formula is C14H26ClN3O2. The van der Waals surface area contributed by atoms with Gasteiger partial charge in [-0.1, -0.05) is 6.92 Å². The van der Waals surface area contributed by atoms with E-state index in [1.54, 1.807) is 0 Å². The van der Waals surface area contributed by atoms with Crippen LogP contribution < -0.4 is 11.1 Å². The normalized spacial score (nSPS) is 29.9. The molecule has 2 fully saturated rings. The van der Waals surface area contributed by atoms with Crippen LogP contribution in [0.4, 0.5) is 0 Å². The molecule has 0 aliphatic carbocycles. The van der Waals surface area contributed by atoms with Crippen LogP contribution in [0.2, 0.25) is 0 Å². The number of halogens is 1. The number of rotatable bonds is 4. The molecule has 2 atom stereocenters. The van der Waals surface area contributed by atoms with Gasteiger partial charge in [-0.2, -0.15) is 0 Å². The molecule has 2 aliphatic heterocycles. The van der Waals surface area contributed by atoms with Gasteiger partial charge in [0.2, 0.25) is 11.8 Å². The highest BCUT2D eigenvalue weighted by Crippen LogP contribution is 2.28.